The third kappa shape index (κ3) is 20.9. The summed E-state index contributed by atoms with van der Waals surface area (Å²) in [6, 6.07) is 51.0. The van der Waals surface area contributed by atoms with Crippen LogP contribution in [0.15, 0.2) is 157 Å². The van der Waals surface area contributed by atoms with Gasteiger partial charge < -0.3 is 24.8 Å². The third-order valence-corrected chi connectivity index (χ3v) is 16.1. The van der Waals surface area contributed by atoms with Crippen LogP contribution in [0, 0.1) is 47.0 Å². The minimum atomic E-state index is 0. The molecule has 0 bridgehead atoms. The summed E-state index contributed by atoms with van der Waals surface area (Å²) >= 11 is 2.93. The van der Waals surface area contributed by atoms with Crippen molar-refractivity contribution in [3.8, 4) is 22.3 Å². The van der Waals surface area contributed by atoms with Crippen LogP contribution in [0.1, 0.15) is 194 Å². The van der Waals surface area contributed by atoms with E-state index in [1.807, 2.05) is 12.1 Å². The van der Waals surface area contributed by atoms with Gasteiger partial charge in [-0.3, -0.25) is 12.2 Å². The van der Waals surface area contributed by atoms with Crippen molar-refractivity contribution in [1.29, 1.82) is 0 Å². The summed E-state index contributed by atoms with van der Waals surface area (Å²) in [5.41, 5.74) is 23.5. The SMILES string of the molecule is CC(C)(C)c1[c-]c2c(cc1)-c1ccc(C(C)(C)C)cc1C2.CC(C)(C)c1[c-]c2c(cc1)-c1ccc(C(C)(C)C)cc1C2.CC1[C-]=CC(C(C)(C)C)=C1.CC1[C-]=CC(C(C)(C)C)=C1.[Cl-].[Cl-].[Zr+2]=[CH]c1ccccc1.[Zr+2]=[CH]c1ccccc1. The van der Waals surface area contributed by atoms with Gasteiger partial charge >= 0.3 is 128 Å². The first kappa shape index (κ1) is 70.6. The molecule has 6 aromatic carbocycles. The van der Waals surface area contributed by atoms with E-state index in [1.165, 1.54) is 138 Å². The Morgan fingerprint density at radius 1 is 0.388 bits per heavy atom. The predicted molar refractivity (Wildman–Crippen MR) is 334 cm³/mol. The standard InChI is InChI=1S/2C21H25.2C10H15.2C7H6.2ClH.2Zr/c2*1-20(2,3)16-7-9-18-14(12-16)11-15-13-17(21(4,5)6)8-10-19(15)18;2*1-8-5-6-9(7-8)10(2,3)4;2*1-7-5-3-2-4-6-7;;;;/h2*7-10,12H,11H2,1-6H3;2*6-8H,1-4H3;2*1-6H;2*1H;;/q4*-1;;;;;2*+2/p-2. The van der Waals surface area contributed by atoms with E-state index in [4.69, 9.17) is 0 Å². The zero-order chi connectivity index (χ0) is 58.0. The van der Waals surface area contributed by atoms with Crippen molar-refractivity contribution in [3.05, 3.63) is 237 Å². The second-order valence-electron chi connectivity index (χ2n) is 27.7. The van der Waals surface area contributed by atoms with E-state index in [0.29, 0.717) is 22.7 Å². The van der Waals surface area contributed by atoms with Gasteiger partial charge in [0.05, 0.1) is 0 Å². The van der Waals surface area contributed by atoms with Crippen LogP contribution in [0.25, 0.3) is 22.3 Å². The molecule has 4 heteroatoms. The maximum atomic E-state index is 3.67. The molecule has 0 heterocycles. The second kappa shape index (κ2) is 29.7. The zero-order valence-electron chi connectivity index (χ0n) is 52.3. The van der Waals surface area contributed by atoms with Crippen molar-refractivity contribution in [1.82, 2.24) is 0 Å². The molecule has 2 unspecified atom stereocenters. The molecule has 10 rings (SSSR count). The van der Waals surface area contributed by atoms with Gasteiger partial charge in [-0.2, -0.15) is 70.8 Å². The molecule has 0 amide bonds. The number of fused-ring (bicyclic) bond motifs is 6. The molecular formula is C76H92Cl2Zr2-2. The van der Waals surface area contributed by atoms with E-state index < -0.39 is 0 Å². The fraction of sp³-hybridized carbons (Fsp3) is 0.395. The van der Waals surface area contributed by atoms with Crippen LogP contribution in [0.5, 0.6) is 0 Å². The summed E-state index contributed by atoms with van der Waals surface area (Å²) in [7, 11) is 0. The van der Waals surface area contributed by atoms with Gasteiger partial charge in [-0.1, -0.05) is 209 Å². The van der Waals surface area contributed by atoms with Crippen LogP contribution in [-0.2, 0) is 83.0 Å². The van der Waals surface area contributed by atoms with Crippen molar-refractivity contribution in [2.75, 3.05) is 0 Å². The van der Waals surface area contributed by atoms with Crippen molar-refractivity contribution in [3.63, 3.8) is 0 Å². The molecular weight excluding hydrogens is 1170 g/mol. The predicted octanol–water partition coefficient (Wildman–Crippen LogP) is 14.0. The first-order valence-corrected chi connectivity index (χ1v) is 31.2. The molecule has 0 saturated heterocycles. The van der Waals surface area contributed by atoms with Gasteiger partial charge in [-0.05, 0) is 56.8 Å². The maximum absolute atomic E-state index is 3.67. The van der Waals surface area contributed by atoms with E-state index >= 15 is 0 Å². The number of hydrogen-bond acceptors (Lipinski definition) is 0. The van der Waals surface area contributed by atoms with E-state index in [2.05, 4.69) is 304 Å². The molecule has 0 N–H and O–H groups in total. The average Bonchev–Trinajstić information content (AvgIpc) is 4.18. The first-order valence-electron chi connectivity index (χ1n) is 28.3. The Balaban J connectivity index is 0.000000264. The number of allylic oxidation sites excluding steroid dienone is 8. The van der Waals surface area contributed by atoms with Gasteiger partial charge in [0.1, 0.15) is 0 Å². The van der Waals surface area contributed by atoms with Crippen molar-refractivity contribution >= 4 is 7.42 Å². The van der Waals surface area contributed by atoms with Crippen LogP contribution >= 0.6 is 0 Å². The topological polar surface area (TPSA) is 0 Å². The molecule has 6 aromatic rings. The Bertz CT molecular complexity index is 2770. The van der Waals surface area contributed by atoms with E-state index in [9.17, 15) is 0 Å². The van der Waals surface area contributed by atoms with Crippen molar-refractivity contribution < 1.29 is 73.3 Å². The Kier molecular flexibility index (Phi) is 26.3. The van der Waals surface area contributed by atoms with E-state index in [1.54, 1.807) is 0 Å². The Morgan fingerprint density at radius 3 is 0.925 bits per heavy atom. The summed E-state index contributed by atoms with van der Waals surface area (Å²) in [5.74, 6) is 1.04. The molecule has 0 spiro atoms. The van der Waals surface area contributed by atoms with Crippen LogP contribution in [0.3, 0.4) is 0 Å². The summed E-state index contributed by atoms with van der Waals surface area (Å²) in [4.78, 5) is 0. The number of hydrogen-bond donors (Lipinski definition) is 0. The normalized spacial score (nSPS) is 15.4. The van der Waals surface area contributed by atoms with Crippen LogP contribution < -0.4 is 24.8 Å². The summed E-state index contributed by atoms with van der Waals surface area (Å²) in [6.45, 7) is 44.9. The van der Waals surface area contributed by atoms with Crippen molar-refractivity contribution in [2.45, 2.75) is 173 Å². The fourth-order valence-corrected chi connectivity index (χ4v) is 10.2. The second-order valence-corrected chi connectivity index (χ2v) is 29.1. The number of rotatable bonds is 2. The minimum absolute atomic E-state index is 0. The Hall–Kier alpha value is -3.63. The van der Waals surface area contributed by atoms with Gasteiger partial charge in [-0.15, -0.1) is 22.3 Å². The summed E-state index contributed by atoms with van der Waals surface area (Å²) in [5, 5.41) is 0. The van der Waals surface area contributed by atoms with Gasteiger partial charge in [0.25, 0.3) is 0 Å². The average molecular weight is 1260 g/mol. The molecule has 2 atom stereocenters. The van der Waals surface area contributed by atoms with Gasteiger partial charge in [-0.25, -0.2) is 12.2 Å². The first-order chi connectivity index (χ1) is 36.2. The quantitative estimate of drug-likeness (QED) is 0.151. The van der Waals surface area contributed by atoms with Gasteiger partial charge in [0.15, 0.2) is 0 Å². The monoisotopic (exact) mass is 1250 g/mol. The fourth-order valence-electron chi connectivity index (χ4n) is 9.26. The summed E-state index contributed by atoms with van der Waals surface area (Å²) in [6.07, 6.45) is 17.4. The molecule has 420 valence electrons. The third-order valence-electron chi connectivity index (χ3n) is 14.5. The van der Waals surface area contributed by atoms with Crippen LogP contribution in [0.4, 0.5) is 0 Å². The Labute approximate surface area is 530 Å². The molecule has 4 aliphatic carbocycles. The zero-order valence-corrected chi connectivity index (χ0v) is 58.8. The molecule has 0 aromatic heterocycles. The molecule has 0 saturated carbocycles. The van der Waals surface area contributed by atoms with E-state index in [0.717, 1.165) is 12.8 Å². The molecule has 0 nitrogen and oxygen atoms in total. The van der Waals surface area contributed by atoms with Gasteiger partial charge in [0, 0.05) is 0 Å². The molecule has 80 heavy (non-hydrogen) atoms. The van der Waals surface area contributed by atoms with Crippen LogP contribution in [-0.4, -0.2) is 7.42 Å². The molecule has 0 fully saturated rings. The molecule has 0 aliphatic heterocycles. The van der Waals surface area contributed by atoms with Crippen molar-refractivity contribution in [2.24, 2.45) is 22.7 Å². The number of halogens is 2. The van der Waals surface area contributed by atoms with E-state index in [-0.39, 0.29) is 46.5 Å². The Morgan fingerprint density at radius 2 is 0.700 bits per heavy atom. The molecule has 0 radical (unpaired) electrons. The molecule has 4 aliphatic rings. The van der Waals surface area contributed by atoms with Gasteiger partial charge in [0.2, 0.25) is 0 Å². The number of benzene rings is 6. The van der Waals surface area contributed by atoms with Crippen LogP contribution in [0.2, 0.25) is 0 Å². The summed E-state index contributed by atoms with van der Waals surface area (Å²) < 4.78 is 4.35.